The predicted molar refractivity (Wildman–Crippen MR) is 53.4 cm³/mol. The van der Waals surface area contributed by atoms with Crippen molar-refractivity contribution in [3.63, 3.8) is 0 Å². The van der Waals surface area contributed by atoms with Crippen LogP contribution in [0.15, 0.2) is 12.3 Å². The summed E-state index contributed by atoms with van der Waals surface area (Å²) in [7, 11) is -2.23. The van der Waals surface area contributed by atoms with Crippen molar-refractivity contribution in [2.24, 2.45) is 0 Å². The Morgan fingerprint density at radius 2 is 1.80 bits per heavy atom. The minimum atomic E-state index is -1.25. The zero-order chi connectivity index (χ0) is 7.49. The van der Waals surface area contributed by atoms with Crippen LogP contribution in [0.3, 0.4) is 0 Å². The summed E-state index contributed by atoms with van der Waals surface area (Å²) < 4.78 is 5.75. The van der Waals surface area contributed by atoms with E-state index in [1.165, 1.54) is 0 Å². The first-order valence-electron chi connectivity index (χ1n) is 3.26. The molecule has 0 amide bonds. The molecule has 0 saturated heterocycles. The van der Waals surface area contributed by atoms with Gasteiger partial charge in [0.25, 0.3) is 0 Å². The molecule has 0 aromatic rings. The summed E-state index contributed by atoms with van der Waals surface area (Å²) in [5.41, 5.74) is 1.97. The maximum Gasteiger partial charge on any atom is 0.184 e. The Labute approximate surface area is 71.4 Å². The van der Waals surface area contributed by atoms with Crippen LogP contribution in [0.1, 0.15) is 0 Å². The lowest BCUT2D eigenvalue weighted by molar-refractivity contribution is 0.588. The fourth-order valence-corrected chi connectivity index (χ4v) is 5.45. The largest absolute Gasteiger partial charge is 0.455 e. The molecule has 0 spiro atoms. The number of rotatable bonds is 3. The van der Waals surface area contributed by atoms with Gasteiger partial charge in [0.15, 0.2) is 17.4 Å². The molecular formula is C6H16OSi3. The first kappa shape index (κ1) is 13.0. The summed E-state index contributed by atoms with van der Waals surface area (Å²) in [5.74, 6) is 0. The maximum absolute atomic E-state index is 5.75. The molecule has 1 nitrogen and oxygen atoms in total. The summed E-state index contributed by atoms with van der Waals surface area (Å²) in [5, 5.41) is 0. The van der Waals surface area contributed by atoms with Gasteiger partial charge in [0, 0.05) is 11.0 Å². The minimum absolute atomic E-state index is 0. The molecule has 0 heterocycles. The van der Waals surface area contributed by atoms with Crippen LogP contribution in [0.2, 0.25) is 26.2 Å². The lowest BCUT2D eigenvalue weighted by Crippen LogP contribution is -2.31. The van der Waals surface area contributed by atoms with Crippen molar-refractivity contribution in [2.75, 3.05) is 0 Å². The van der Waals surface area contributed by atoms with Gasteiger partial charge in [0.05, 0.1) is 0 Å². The summed E-state index contributed by atoms with van der Waals surface area (Å²) in [6, 6.07) is 0. The van der Waals surface area contributed by atoms with Crippen molar-refractivity contribution in [3.8, 4) is 0 Å². The van der Waals surface area contributed by atoms with Gasteiger partial charge in [-0.15, -0.1) is 6.58 Å². The fourth-order valence-electron chi connectivity index (χ4n) is 0.606. The summed E-state index contributed by atoms with van der Waals surface area (Å²) in [6.45, 7) is 12.5. The second kappa shape index (κ2) is 5.06. The molecule has 0 aromatic heterocycles. The van der Waals surface area contributed by atoms with Crippen molar-refractivity contribution in [3.05, 3.63) is 12.3 Å². The highest BCUT2D eigenvalue weighted by Gasteiger charge is 2.16. The Morgan fingerprint density at radius 3 is 1.90 bits per heavy atom. The SMILES string of the molecule is C=C[SiH](C)O[Si](C)(C)C.[Si]. The highest BCUT2D eigenvalue weighted by Crippen LogP contribution is 2.04. The van der Waals surface area contributed by atoms with E-state index in [9.17, 15) is 0 Å². The molecule has 10 heavy (non-hydrogen) atoms. The quantitative estimate of drug-likeness (QED) is 0.611. The normalized spacial score (nSPS) is 13.6. The standard InChI is InChI=1S/C6H16OSi2.Si/c1-6-8(2)7-9(3,4)5;/h6,8H,1H2,2-5H3;. The van der Waals surface area contributed by atoms with Gasteiger partial charge in [0.1, 0.15) is 0 Å². The molecule has 0 aliphatic rings. The zero-order valence-electron chi connectivity index (χ0n) is 7.27. The Balaban J connectivity index is 0. The molecule has 1 atom stereocenters. The molecule has 0 bridgehead atoms. The molecule has 0 N–H and O–H groups in total. The molecular weight excluding hydrogens is 172 g/mol. The highest BCUT2D eigenvalue weighted by molar-refractivity contribution is 6.78. The Morgan fingerprint density at radius 1 is 1.40 bits per heavy atom. The topological polar surface area (TPSA) is 9.23 Å². The van der Waals surface area contributed by atoms with E-state index in [2.05, 4.69) is 32.8 Å². The molecule has 4 heteroatoms. The second-order valence-corrected chi connectivity index (χ2v) is 10.2. The number of hydrogen-bond donors (Lipinski definition) is 0. The molecule has 1 unspecified atom stereocenters. The lowest BCUT2D eigenvalue weighted by Gasteiger charge is -2.20. The van der Waals surface area contributed by atoms with Crippen LogP contribution in [0.4, 0.5) is 0 Å². The highest BCUT2D eigenvalue weighted by atomic mass is 28.4. The first-order chi connectivity index (χ1) is 3.95. The molecule has 0 rings (SSSR count). The van der Waals surface area contributed by atoms with Crippen LogP contribution < -0.4 is 0 Å². The zero-order valence-corrected chi connectivity index (χ0v) is 10.4. The molecule has 0 fully saturated rings. The van der Waals surface area contributed by atoms with Gasteiger partial charge in [-0.25, -0.2) is 0 Å². The average Bonchev–Trinajstić information content (AvgIpc) is 1.62. The first-order valence-corrected chi connectivity index (χ1v) is 8.96. The summed E-state index contributed by atoms with van der Waals surface area (Å²) in [6.07, 6.45) is 0. The van der Waals surface area contributed by atoms with Crippen molar-refractivity contribution >= 4 is 28.3 Å². The van der Waals surface area contributed by atoms with Crippen LogP contribution in [-0.2, 0) is 4.12 Å². The third-order valence-electron chi connectivity index (χ3n) is 0.871. The van der Waals surface area contributed by atoms with Crippen LogP contribution >= 0.6 is 0 Å². The Bertz CT molecular complexity index is 97.7. The van der Waals surface area contributed by atoms with Crippen molar-refractivity contribution < 1.29 is 4.12 Å². The van der Waals surface area contributed by atoms with Gasteiger partial charge in [-0.05, 0) is 26.2 Å². The van der Waals surface area contributed by atoms with E-state index < -0.39 is 17.4 Å². The van der Waals surface area contributed by atoms with E-state index in [0.29, 0.717) is 0 Å². The van der Waals surface area contributed by atoms with Gasteiger partial charge >= 0.3 is 0 Å². The number of hydrogen-bond acceptors (Lipinski definition) is 1. The van der Waals surface area contributed by atoms with Crippen molar-refractivity contribution in [2.45, 2.75) is 26.2 Å². The Kier molecular flexibility index (Phi) is 6.57. The van der Waals surface area contributed by atoms with Gasteiger partial charge in [-0.3, -0.25) is 0 Å². The van der Waals surface area contributed by atoms with Gasteiger partial charge in [0.2, 0.25) is 0 Å². The van der Waals surface area contributed by atoms with Crippen molar-refractivity contribution in [1.29, 1.82) is 0 Å². The molecule has 0 aliphatic heterocycles. The van der Waals surface area contributed by atoms with Gasteiger partial charge in [-0.1, -0.05) is 5.70 Å². The predicted octanol–water partition coefficient (Wildman–Crippen LogP) is 1.54. The second-order valence-electron chi connectivity index (χ2n) is 3.17. The van der Waals surface area contributed by atoms with Crippen LogP contribution in [0.25, 0.3) is 0 Å². The third-order valence-corrected chi connectivity index (χ3v) is 5.85. The average molecular weight is 188 g/mol. The molecule has 58 valence electrons. The fraction of sp³-hybridized carbons (Fsp3) is 0.667. The van der Waals surface area contributed by atoms with Crippen LogP contribution in [-0.4, -0.2) is 28.3 Å². The molecule has 0 aromatic carbocycles. The molecule has 0 aliphatic carbocycles. The maximum atomic E-state index is 5.75. The van der Waals surface area contributed by atoms with Crippen LogP contribution in [0, 0.1) is 0 Å². The smallest absolute Gasteiger partial charge is 0.184 e. The van der Waals surface area contributed by atoms with Crippen molar-refractivity contribution in [1.82, 2.24) is 0 Å². The van der Waals surface area contributed by atoms with Crippen LogP contribution in [0.5, 0.6) is 0 Å². The monoisotopic (exact) mass is 188 g/mol. The van der Waals surface area contributed by atoms with Gasteiger partial charge < -0.3 is 4.12 Å². The van der Waals surface area contributed by atoms with E-state index in [4.69, 9.17) is 4.12 Å². The molecule has 0 saturated carbocycles. The van der Waals surface area contributed by atoms with E-state index in [1.807, 2.05) is 5.70 Å². The van der Waals surface area contributed by atoms with E-state index in [1.54, 1.807) is 0 Å². The molecule has 4 radical (unpaired) electrons. The summed E-state index contributed by atoms with van der Waals surface area (Å²) >= 11 is 0. The summed E-state index contributed by atoms with van der Waals surface area (Å²) in [4.78, 5) is 0. The third kappa shape index (κ3) is 8.35. The van der Waals surface area contributed by atoms with Gasteiger partial charge in [-0.2, -0.15) is 0 Å². The minimum Gasteiger partial charge on any atom is -0.455 e. The van der Waals surface area contributed by atoms with E-state index in [-0.39, 0.29) is 11.0 Å². The Hall–Kier alpha value is 0.351. The van der Waals surface area contributed by atoms with E-state index >= 15 is 0 Å². The van der Waals surface area contributed by atoms with E-state index in [0.717, 1.165) is 0 Å². The lowest BCUT2D eigenvalue weighted by atomic mass is 11.3.